The largest absolute Gasteiger partial charge is 0.399 e. The van der Waals surface area contributed by atoms with E-state index in [1.54, 1.807) is 24.3 Å². The van der Waals surface area contributed by atoms with Crippen LogP contribution < -0.4 is 5.73 Å². The molecule has 1 aromatic heterocycles. The molecule has 0 spiro atoms. The fraction of sp³-hybridized carbons (Fsp3) is 0. The molecule has 0 aliphatic rings. The summed E-state index contributed by atoms with van der Waals surface area (Å²) < 4.78 is 12.8. The monoisotopic (exact) mass is 188 g/mol. The zero-order chi connectivity index (χ0) is 9.97. The zero-order valence-corrected chi connectivity index (χ0v) is 7.44. The number of benzene rings is 1. The predicted octanol–water partition coefficient (Wildman–Crippen LogP) is 2.47. The van der Waals surface area contributed by atoms with Crippen LogP contribution in [0.3, 0.4) is 0 Å². The molecule has 14 heavy (non-hydrogen) atoms. The van der Waals surface area contributed by atoms with Crippen LogP contribution in [0.2, 0.25) is 0 Å². The molecule has 1 heterocycles. The maximum absolute atomic E-state index is 12.8. The number of aromatic nitrogens is 1. The Morgan fingerprint density at radius 2 is 1.86 bits per heavy atom. The molecule has 0 radical (unpaired) electrons. The van der Waals surface area contributed by atoms with E-state index in [1.807, 2.05) is 12.1 Å². The number of nitrogens with zero attached hydrogens (tertiary/aromatic N) is 1. The quantitative estimate of drug-likeness (QED) is 0.551. The van der Waals surface area contributed by atoms with Crippen molar-refractivity contribution in [2.75, 3.05) is 5.73 Å². The summed E-state index contributed by atoms with van der Waals surface area (Å²) in [6, 6.07) is 11.9. The standard InChI is InChI=1S/C11H9FN2/c12-11-6-2-5-10(14-11)8-3-1-4-9(13)7-8/h1-7H,13H2. The van der Waals surface area contributed by atoms with Gasteiger partial charge in [0.25, 0.3) is 0 Å². The third kappa shape index (κ3) is 1.71. The van der Waals surface area contributed by atoms with Gasteiger partial charge < -0.3 is 5.73 Å². The molecule has 0 aliphatic heterocycles. The Morgan fingerprint density at radius 3 is 2.57 bits per heavy atom. The summed E-state index contributed by atoms with van der Waals surface area (Å²) >= 11 is 0. The summed E-state index contributed by atoms with van der Waals surface area (Å²) in [6.45, 7) is 0. The van der Waals surface area contributed by atoms with Crippen LogP contribution in [0.4, 0.5) is 10.1 Å². The third-order valence-electron chi connectivity index (χ3n) is 1.90. The van der Waals surface area contributed by atoms with Gasteiger partial charge in [0.1, 0.15) is 0 Å². The lowest BCUT2D eigenvalue weighted by Crippen LogP contribution is -1.89. The lowest BCUT2D eigenvalue weighted by molar-refractivity contribution is 0.585. The van der Waals surface area contributed by atoms with Crippen LogP contribution in [0.5, 0.6) is 0 Å². The van der Waals surface area contributed by atoms with Crippen molar-refractivity contribution in [3.05, 3.63) is 48.4 Å². The van der Waals surface area contributed by atoms with Crippen molar-refractivity contribution in [3.8, 4) is 11.3 Å². The summed E-state index contributed by atoms with van der Waals surface area (Å²) in [5.41, 5.74) is 7.68. The number of nitrogens with two attached hydrogens (primary N) is 1. The van der Waals surface area contributed by atoms with Crippen LogP contribution in [-0.2, 0) is 0 Å². The number of anilines is 1. The first-order chi connectivity index (χ1) is 6.75. The molecule has 3 heteroatoms. The topological polar surface area (TPSA) is 38.9 Å². The van der Waals surface area contributed by atoms with Gasteiger partial charge in [0, 0.05) is 11.3 Å². The summed E-state index contributed by atoms with van der Waals surface area (Å²) in [6.07, 6.45) is 0. The van der Waals surface area contributed by atoms with Gasteiger partial charge in [-0.15, -0.1) is 0 Å². The van der Waals surface area contributed by atoms with E-state index in [2.05, 4.69) is 4.98 Å². The number of rotatable bonds is 1. The SMILES string of the molecule is Nc1cccc(-c2cccc(F)n2)c1. The van der Waals surface area contributed by atoms with E-state index in [4.69, 9.17) is 5.73 Å². The van der Waals surface area contributed by atoms with Gasteiger partial charge in [-0.25, -0.2) is 4.98 Å². The van der Waals surface area contributed by atoms with Crippen molar-refractivity contribution < 1.29 is 4.39 Å². The minimum absolute atomic E-state index is 0.482. The second kappa shape index (κ2) is 3.46. The van der Waals surface area contributed by atoms with E-state index < -0.39 is 5.95 Å². The number of nitrogen functional groups attached to an aromatic ring is 1. The fourth-order valence-corrected chi connectivity index (χ4v) is 1.27. The Hall–Kier alpha value is -1.90. The average molecular weight is 188 g/mol. The van der Waals surface area contributed by atoms with Gasteiger partial charge in [0.15, 0.2) is 0 Å². The Labute approximate surface area is 81.2 Å². The van der Waals surface area contributed by atoms with Gasteiger partial charge >= 0.3 is 0 Å². The van der Waals surface area contributed by atoms with Crippen LogP contribution in [0.15, 0.2) is 42.5 Å². The molecular weight excluding hydrogens is 179 g/mol. The molecule has 2 aromatic rings. The van der Waals surface area contributed by atoms with E-state index in [1.165, 1.54) is 6.07 Å². The minimum Gasteiger partial charge on any atom is -0.399 e. The molecule has 2 rings (SSSR count). The molecule has 1 aromatic carbocycles. The van der Waals surface area contributed by atoms with Gasteiger partial charge in [-0.3, -0.25) is 0 Å². The molecule has 0 aliphatic carbocycles. The van der Waals surface area contributed by atoms with Crippen molar-refractivity contribution in [1.82, 2.24) is 4.98 Å². The maximum Gasteiger partial charge on any atom is 0.213 e. The first-order valence-electron chi connectivity index (χ1n) is 4.24. The molecule has 0 bridgehead atoms. The Morgan fingerprint density at radius 1 is 1.07 bits per heavy atom. The highest BCUT2D eigenvalue weighted by atomic mass is 19.1. The number of halogens is 1. The highest BCUT2D eigenvalue weighted by Crippen LogP contribution is 2.18. The Balaban J connectivity index is 2.49. The smallest absolute Gasteiger partial charge is 0.213 e. The van der Waals surface area contributed by atoms with Crippen molar-refractivity contribution >= 4 is 5.69 Å². The molecule has 0 fully saturated rings. The lowest BCUT2D eigenvalue weighted by atomic mass is 10.1. The van der Waals surface area contributed by atoms with Gasteiger partial charge in [0.05, 0.1) is 5.69 Å². The summed E-state index contributed by atoms with van der Waals surface area (Å²) in [4.78, 5) is 3.76. The fourth-order valence-electron chi connectivity index (χ4n) is 1.27. The number of hydrogen-bond donors (Lipinski definition) is 1. The summed E-state index contributed by atoms with van der Waals surface area (Å²) in [5, 5.41) is 0. The summed E-state index contributed by atoms with van der Waals surface area (Å²) in [7, 11) is 0. The third-order valence-corrected chi connectivity index (χ3v) is 1.90. The minimum atomic E-state index is -0.482. The number of pyridine rings is 1. The van der Waals surface area contributed by atoms with Crippen molar-refractivity contribution in [2.24, 2.45) is 0 Å². The van der Waals surface area contributed by atoms with E-state index in [9.17, 15) is 4.39 Å². The zero-order valence-electron chi connectivity index (χ0n) is 7.44. The van der Waals surface area contributed by atoms with Crippen LogP contribution in [0.25, 0.3) is 11.3 Å². The van der Waals surface area contributed by atoms with E-state index in [-0.39, 0.29) is 0 Å². The van der Waals surface area contributed by atoms with Gasteiger partial charge in [-0.2, -0.15) is 4.39 Å². The van der Waals surface area contributed by atoms with Crippen LogP contribution in [-0.4, -0.2) is 4.98 Å². The molecule has 0 unspecified atom stereocenters. The normalized spacial score (nSPS) is 10.1. The molecule has 2 N–H and O–H groups in total. The predicted molar refractivity (Wildman–Crippen MR) is 54.0 cm³/mol. The van der Waals surface area contributed by atoms with E-state index in [0.29, 0.717) is 11.4 Å². The molecule has 0 atom stereocenters. The Kier molecular flexibility index (Phi) is 2.14. The highest BCUT2D eigenvalue weighted by molar-refractivity contribution is 5.63. The first kappa shape index (κ1) is 8.69. The second-order valence-corrected chi connectivity index (χ2v) is 2.97. The highest BCUT2D eigenvalue weighted by Gasteiger charge is 2.00. The first-order valence-corrected chi connectivity index (χ1v) is 4.24. The van der Waals surface area contributed by atoms with Gasteiger partial charge in [0.2, 0.25) is 5.95 Å². The lowest BCUT2D eigenvalue weighted by Gasteiger charge is -2.01. The number of hydrogen-bond acceptors (Lipinski definition) is 2. The molecular formula is C11H9FN2. The molecule has 0 amide bonds. The van der Waals surface area contributed by atoms with Crippen molar-refractivity contribution in [2.45, 2.75) is 0 Å². The molecule has 70 valence electrons. The van der Waals surface area contributed by atoms with Crippen LogP contribution in [0, 0.1) is 5.95 Å². The Bertz CT molecular complexity index is 411. The van der Waals surface area contributed by atoms with Crippen molar-refractivity contribution in [3.63, 3.8) is 0 Å². The summed E-state index contributed by atoms with van der Waals surface area (Å²) in [5.74, 6) is -0.482. The van der Waals surface area contributed by atoms with Gasteiger partial charge in [-0.05, 0) is 24.3 Å². The van der Waals surface area contributed by atoms with Crippen molar-refractivity contribution in [1.29, 1.82) is 0 Å². The van der Waals surface area contributed by atoms with E-state index in [0.717, 1.165) is 5.56 Å². The average Bonchev–Trinajstić information content (AvgIpc) is 2.18. The van der Waals surface area contributed by atoms with E-state index >= 15 is 0 Å². The molecule has 0 saturated carbocycles. The molecule has 2 nitrogen and oxygen atoms in total. The molecule has 0 saturated heterocycles. The second-order valence-electron chi connectivity index (χ2n) is 2.97. The van der Waals surface area contributed by atoms with Crippen LogP contribution in [0.1, 0.15) is 0 Å². The van der Waals surface area contributed by atoms with Gasteiger partial charge in [-0.1, -0.05) is 18.2 Å². The van der Waals surface area contributed by atoms with Crippen LogP contribution >= 0.6 is 0 Å². The maximum atomic E-state index is 12.8.